The fourth-order valence-electron chi connectivity index (χ4n) is 3.64. The van der Waals surface area contributed by atoms with Crippen LogP contribution in [0.15, 0.2) is 100.0 Å². The predicted molar refractivity (Wildman–Crippen MR) is 133 cm³/mol. The lowest BCUT2D eigenvalue weighted by molar-refractivity contribution is 0.0981. The number of nitrogens with one attached hydrogen (secondary N) is 1. The zero-order chi connectivity index (χ0) is 23.9. The largest absolute Gasteiger partial charge is 0.279 e. The zero-order valence-electron chi connectivity index (χ0n) is 17.4. The van der Waals surface area contributed by atoms with Crippen LogP contribution in [0.5, 0.6) is 0 Å². The monoisotopic (exact) mass is 509 g/mol. The average molecular weight is 510 g/mol. The Bertz CT molecular complexity index is 1690. The van der Waals surface area contributed by atoms with Crippen LogP contribution < -0.4 is 10.3 Å². The topological polar surface area (TPSA) is 90.2 Å². The van der Waals surface area contributed by atoms with Crippen LogP contribution in [0.1, 0.15) is 10.4 Å². The summed E-state index contributed by atoms with van der Waals surface area (Å²) < 4.78 is 30.6. The minimum Gasteiger partial charge on any atom is -0.268 e. The molecule has 0 aliphatic carbocycles. The van der Waals surface area contributed by atoms with Gasteiger partial charge in [-0.25, -0.2) is 22.5 Å². The lowest BCUT2D eigenvalue weighted by Crippen LogP contribution is -2.30. The van der Waals surface area contributed by atoms with Gasteiger partial charge in [-0.05, 0) is 54.6 Å². The van der Waals surface area contributed by atoms with Crippen molar-refractivity contribution in [3.05, 3.63) is 111 Å². The van der Waals surface area contributed by atoms with E-state index in [9.17, 15) is 18.0 Å². The molecule has 0 saturated heterocycles. The van der Waals surface area contributed by atoms with Gasteiger partial charge in [0, 0.05) is 5.56 Å². The molecule has 0 bridgehead atoms. The molecule has 0 aliphatic rings. The van der Waals surface area contributed by atoms with E-state index >= 15 is 0 Å². The number of amides is 1. The molecule has 34 heavy (non-hydrogen) atoms. The summed E-state index contributed by atoms with van der Waals surface area (Å²) in [5.41, 5.74) is 1.68. The SMILES string of the molecule is O=C(NS(=O)(=O)c1ccc(Cl)s1)c1ccc2c(c1)c(=O)n(-c1ccccc1)n2-c1ccccc1. The Morgan fingerprint density at radius 3 is 2.03 bits per heavy atom. The van der Waals surface area contributed by atoms with Crippen LogP contribution in [-0.4, -0.2) is 23.7 Å². The molecule has 1 amide bonds. The molecule has 5 rings (SSSR count). The van der Waals surface area contributed by atoms with Gasteiger partial charge >= 0.3 is 0 Å². The first-order chi connectivity index (χ1) is 16.3. The molecule has 2 heterocycles. The fourth-order valence-corrected chi connectivity index (χ4v) is 6.10. The molecule has 0 unspecified atom stereocenters. The highest BCUT2D eigenvalue weighted by molar-refractivity contribution is 7.92. The summed E-state index contributed by atoms with van der Waals surface area (Å²) in [4.78, 5) is 26.3. The molecular weight excluding hydrogens is 494 g/mol. The Balaban J connectivity index is 1.64. The maximum atomic E-state index is 13.5. The summed E-state index contributed by atoms with van der Waals surface area (Å²) in [6.45, 7) is 0. The van der Waals surface area contributed by atoms with E-state index in [0.29, 0.717) is 11.2 Å². The van der Waals surface area contributed by atoms with Crippen LogP contribution in [0, 0.1) is 0 Å². The molecule has 0 radical (unpaired) electrons. The molecular formula is C24H16ClN3O4S2. The maximum absolute atomic E-state index is 13.5. The van der Waals surface area contributed by atoms with E-state index in [0.717, 1.165) is 17.0 Å². The van der Waals surface area contributed by atoms with Gasteiger partial charge in [-0.15, -0.1) is 11.3 Å². The Labute approximate surface area is 203 Å². The second-order valence-electron chi connectivity index (χ2n) is 7.32. The second-order valence-corrected chi connectivity index (χ2v) is 10.9. The molecule has 0 atom stereocenters. The van der Waals surface area contributed by atoms with Crippen molar-refractivity contribution < 1.29 is 13.2 Å². The lowest BCUT2D eigenvalue weighted by Gasteiger charge is -2.13. The Morgan fingerprint density at radius 2 is 1.44 bits per heavy atom. The molecule has 7 nitrogen and oxygen atoms in total. The summed E-state index contributed by atoms with van der Waals surface area (Å²) in [5.74, 6) is -0.843. The summed E-state index contributed by atoms with van der Waals surface area (Å²) in [6, 6.07) is 25.8. The highest BCUT2D eigenvalue weighted by Gasteiger charge is 2.23. The van der Waals surface area contributed by atoms with Crippen LogP contribution in [0.3, 0.4) is 0 Å². The number of fused-ring (bicyclic) bond motifs is 1. The van der Waals surface area contributed by atoms with Gasteiger partial charge in [-0.1, -0.05) is 48.0 Å². The van der Waals surface area contributed by atoms with Crippen LogP contribution in [0.2, 0.25) is 4.34 Å². The lowest BCUT2D eigenvalue weighted by atomic mass is 10.1. The number of hydrogen-bond acceptors (Lipinski definition) is 5. The molecule has 1 N–H and O–H groups in total. The van der Waals surface area contributed by atoms with E-state index in [4.69, 9.17) is 11.6 Å². The van der Waals surface area contributed by atoms with Crippen molar-refractivity contribution >= 4 is 49.8 Å². The number of thiophene rings is 1. The standard InChI is InChI=1S/C24H16ClN3O4S2/c25-21-13-14-22(33-21)34(31,32)26-23(29)16-11-12-20-19(15-16)24(30)28(18-9-5-2-6-10-18)27(20)17-7-3-1-4-8-17/h1-15H,(H,26,29). The average Bonchev–Trinajstić information content (AvgIpc) is 3.41. The molecule has 2 aromatic heterocycles. The van der Waals surface area contributed by atoms with Crippen LogP contribution in [0.25, 0.3) is 22.3 Å². The van der Waals surface area contributed by atoms with Crippen molar-refractivity contribution in [2.24, 2.45) is 0 Å². The summed E-state index contributed by atoms with van der Waals surface area (Å²) in [7, 11) is -4.09. The van der Waals surface area contributed by atoms with Crippen molar-refractivity contribution in [3.8, 4) is 11.4 Å². The Hall–Kier alpha value is -3.66. The van der Waals surface area contributed by atoms with E-state index in [1.165, 1.54) is 28.9 Å². The highest BCUT2D eigenvalue weighted by Crippen LogP contribution is 2.26. The molecule has 10 heteroatoms. The van der Waals surface area contributed by atoms with Gasteiger partial charge in [0.25, 0.3) is 21.5 Å². The number of para-hydroxylation sites is 2. The quantitative estimate of drug-likeness (QED) is 0.374. The van der Waals surface area contributed by atoms with Gasteiger partial charge in [0.15, 0.2) is 0 Å². The van der Waals surface area contributed by atoms with Crippen molar-refractivity contribution in [2.45, 2.75) is 4.21 Å². The minimum absolute atomic E-state index is 0.0428. The van der Waals surface area contributed by atoms with Gasteiger partial charge in [0.1, 0.15) is 4.21 Å². The van der Waals surface area contributed by atoms with Gasteiger partial charge in [-0.2, -0.15) is 0 Å². The van der Waals surface area contributed by atoms with Gasteiger partial charge in [-0.3, -0.25) is 9.59 Å². The Kier molecular flexibility index (Phi) is 5.60. The molecule has 170 valence electrons. The first kappa shape index (κ1) is 22.1. The minimum atomic E-state index is -4.09. The second kappa shape index (κ2) is 8.60. The van der Waals surface area contributed by atoms with Gasteiger partial charge in [0.2, 0.25) is 0 Å². The smallest absolute Gasteiger partial charge is 0.268 e. The van der Waals surface area contributed by atoms with Crippen molar-refractivity contribution in [3.63, 3.8) is 0 Å². The van der Waals surface area contributed by atoms with Crippen molar-refractivity contribution in [2.75, 3.05) is 0 Å². The number of carbonyl (C=O) groups is 1. The molecule has 5 aromatic rings. The maximum Gasteiger partial charge on any atom is 0.279 e. The summed E-state index contributed by atoms with van der Waals surface area (Å²) in [6.07, 6.45) is 0. The van der Waals surface area contributed by atoms with Crippen molar-refractivity contribution in [1.82, 2.24) is 14.1 Å². The fraction of sp³-hybridized carbons (Fsp3) is 0. The normalized spacial score (nSPS) is 11.6. The molecule has 0 fully saturated rings. The van der Waals surface area contributed by atoms with E-state index in [-0.39, 0.29) is 25.1 Å². The zero-order valence-corrected chi connectivity index (χ0v) is 19.8. The number of aromatic nitrogens is 2. The summed E-state index contributed by atoms with van der Waals surface area (Å²) >= 11 is 6.67. The number of halogens is 1. The number of rotatable bonds is 5. The number of sulfonamides is 1. The highest BCUT2D eigenvalue weighted by atomic mass is 35.5. The van der Waals surface area contributed by atoms with E-state index in [2.05, 4.69) is 0 Å². The third-order valence-electron chi connectivity index (χ3n) is 5.15. The predicted octanol–water partition coefficient (Wildman–Crippen LogP) is 4.62. The van der Waals surface area contributed by atoms with Crippen LogP contribution >= 0.6 is 22.9 Å². The molecule has 0 aliphatic heterocycles. The number of hydrogen-bond donors (Lipinski definition) is 1. The van der Waals surface area contributed by atoms with E-state index in [1.54, 1.807) is 10.7 Å². The number of nitrogens with zero attached hydrogens (tertiary/aromatic N) is 2. The van der Waals surface area contributed by atoms with E-state index < -0.39 is 15.9 Å². The van der Waals surface area contributed by atoms with Crippen molar-refractivity contribution in [1.29, 1.82) is 0 Å². The molecule has 0 spiro atoms. The molecule has 3 aromatic carbocycles. The third kappa shape index (κ3) is 3.94. The Morgan fingerprint density at radius 1 is 0.824 bits per heavy atom. The number of benzene rings is 3. The third-order valence-corrected chi connectivity index (χ3v) is 8.21. The summed E-state index contributed by atoms with van der Waals surface area (Å²) in [5, 5.41) is 0.275. The van der Waals surface area contributed by atoms with Crippen LogP contribution in [0.4, 0.5) is 0 Å². The van der Waals surface area contributed by atoms with Gasteiger partial charge in [0.05, 0.1) is 26.6 Å². The molecule has 0 saturated carbocycles. The van der Waals surface area contributed by atoms with Crippen LogP contribution in [-0.2, 0) is 10.0 Å². The van der Waals surface area contributed by atoms with Gasteiger partial charge < -0.3 is 0 Å². The first-order valence-electron chi connectivity index (χ1n) is 10.1. The van der Waals surface area contributed by atoms with E-state index in [1.807, 2.05) is 65.4 Å². The first-order valence-corrected chi connectivity index (χ1v) is 12.7. The number of carbonyl (C=O) groups excluding carboxylic acids is 1.